The van der Waals surface area contributed by atoms with Crippen LogP contribution in [0.4, 0.5) is 4.79 Å². The number of carbonyl (C=O) groups is 1. The van der Waals surface area contributed by atoms with Gasteiger partial charge in [0.05, 0.1) is 19.3 Å². The number of hydrogen-bond donors (Lipinski definition) is 2. The average molecular weight is 292 g/mol. The molecule has 0 aromatic heterocycles. The third-order valence-electron chi connectivity index (χ3n) is 3.09. The highest BCUT2D eigenvalue weighted by atomic mass is 16.6. The van der Waals surface area contributed by atoms with Gasteiger partial charge in [0.15, 0.2) is 0 Å². The van der Waals surface area contributed by atoms with Crippen molar-refractivity contribution in [1.82, 2.24) is 10.6 Å². The number of alkyl carbamates (subject to hydrolysis) is 1. The van der Waals surface area contributed by atoms with Crippen molar-refractivity contribution in [3.63, 3.8) is 0 Å². The fraction of sp³-hybridized carbons (Fsp3) is 0.562. The predicted molar refractivity (Wildman–Crippen MR) is 81.0 cm³/mol. The molecule has 1 aromatic carbocycles. The van der Waals surface area contributed by atoms with E-state index in [2.05, 4.69) is 22.8 Å². The predicted octanol–water partition coefficient (Wildman–Crippen LogP) is 2.20. The van der Waals surface area contributed by atoms with Crippen LogP contribution in [0.15, 0.2) is 24.3 Å². The molecule has 2 rings (SSSR count). The van der Waals surface area contributed by atoms with Gasteiger partial charge in [-0.25, -0.2) is 4.79 Å². The third-order valence-corrected chi connectivity index (χ3v) is 3.09. The Morgan fingerprint density at radius 1 is 1.19 bits per heavy atom. The summed E-state index contributed by atoms with van der Waals surface area (Å²) in [5, 5.41) is 6.17. The first kappa shape index (κ1) is 15.8. The van der Waals surface area contributed by atoms with Crippen molar-refractivity contribution < 1.29 is 14.3 Å². The van der Waals surface area contributed by atoms with Crippen molar-refractivity contribution in [2.75, 3.05) is 13.2 Å². The minimum Gasteiger partial charge on any atom is -0.444 e. The van der Waals surface area contributed by atoms with Gasteiger partial charge in [-0.15, -0.1) is 0 Å². The van der Waals surface area contributed by atoms with Crippen LogP contribution in [-0.2, 0) is 22.6 Å². The fourth-order valence-corrected chi connectivity index (χ4v) is 1.88. The van der Waals surface area contributed by atoms with Crippen molar-refractivity contribution in [1.29, 1.82) is 0 Å². The summed E-state index contributed by atoms with van der Waals surface area (Å²) in [6, 6.07) is 8.66. The van der Waals surface area contributed by atoms with Crippen LogP contribution in [0.5, 0.6) is 0 Å². The van der Waals surface area contributed by atoms with E-state index in [4.69, 9.17) is 9.47 Å². The first-order valence-electron chi connectivity index (χ1n) is 7.28. The highest BCUT2D eigenvalue weighted by Gasteiger charge is 2.17. The maximum atomic E-state index is 11.6. The summed E-state index contributed by atoms with van der Waals surface area (Å²) in [4.78, 5) is 11.6. The summed E-state index contributed by atoms with van der Waals surface area (Å²) in [7, 11) is 0. The highest BCUT2D eigenvalue weighted by Crippen LogP contribution is 2.08. The van der Waals surface area contributed by atoms with Crippen LogP contribution in [0, 0.1) is 0 Å². The Bertz CT molecular complexity index is 461. The van der Waals surface area contributed by atoms with Crippen LogP contribution in [0.2, 0.25) is 0 Å². The van der Waals surface area contributed by atoms with E-state index in [1.165, 1.54) is 5.56 Å². The topological polar surface area (TPSA) is 59.6 Å². The quantitative estimate of drug-likeness (QED) is 0.873. The van der Waals surface area contributed by atoms with E-state index in [0.717, 1.165) is 25.3 Å². The van der Waals surface area contributed by atoms with Crippen LogP contribution in [0.1, 0.15) is 31.9 Å². The van der Waals surface area contributed by atoms with E-state index in [1.807, 2.05) is 32.9 Å². The molecule has 2 N–H and O–H groups in total. The standard InChI is InChI=1S/C16H24N2O3/c1-16(2,3)21-15(19)18-9-13-6-4-12(5-7-13)8-17-14-10-20-11-14/h4-7,14,17H,8-11H2,1-3H3,(H,18,19). The van der Waals surface area contributed by atoms with Gasteiger partial charge >= 0.3 is 6.09 Å². The zero-order valence-corrected chi connectivity index (χ0v) is 12.9. The van der Waals surface area contributed by atoms with Crippen molar-refractivity contribution in [2.24, 2.45) is 0 Å². The van der Waals surface area contributed by atoms with E-state index in [9.17, 15) is 4.79 Å². The van der Waals surface area contributed by atoms with E-state index >= 15 is 0 Å². The first-order chi connectivity index (χ1) is 9.92. The molecule has 1 aliphatic heterocycles. The Hall–Kier alpha value is -1.59. The van der Waals surface area contributed by atoms with Gasteiger partial charge in [-0.3, -0.25) is 0 Å². The van der Waals surface area contributed by atoms with E-state index in [0.29, 0.717) is 12.6 Å². The van der Waals surface area contributed by atoms with Crippen LogP contribution >= 0.6 is 0 Å². The smallest absolute Gasteiger partial charge is 0.407 e. The molecule has 0 atom stereocenters. The average Bonchev–Trinajstić information content (AvgIpc) is 2.34. The summed E-state index contributed by atoms with van der Waals surface area (Å²) >= 11 is 0. The maximum absolute atomic E-state index is 11.6. The second-order valence-corrected chi connectivity index (χ2v) is 6.29. The van der Waals surface area contributed by atoms with Crippen LogP contribution in [0.3, 0.4) is 0 Å². The molecule has 0 bridgehead atoms. The number of rotatable bonds is 5. The van der Waals surface area contributed by atoms with Gasteiger partial charge in [-0.1, -0.05) is 24.3 Å². The molecule has 21 heavy (non-hydrogen) atoms. The Morgan fingerprint density at radius 3 is 2.24 bits per heavy atom. The van der Waals surface area contributed by atoms with E-state index in [1.54, 1.807) is 0 Å². The normalized spacial score (nSPS) is 15.4. The summed E-state index contributed by atoms with van der Waals surface area (Å²) in [5.74, 6) is 0. The summed E-state index contributed by atoms with van der Waals surface area (Å²) in [5.41, 5.74) is 1.81. The monoisotopic (exact) mass is 292 g/mol. The Labute approximate surface area is 126 Å². The third kappa shape index (κ3) is 5.73. The van der Waals surface area contributed by atoms with Gasteiger partial charge in [0, 0.05) is 13.1 Å². The SMILES string of the molecule is CC(C)(C)OC(=O)NCc1ccc(CNC2COC2)cc1. The van der Waals surface area contributed by atoms with Crippen molar-refractivity contribution >= 4 is 6.09 Å². The van der Waals surface area contributed by atoms with E-state index in [-0.39, 0.29) is 0 Å². The molecule has 5 nitrogen and oxygen atoms in total. The van der Waals surface area contributed by atoms with Crippen molar-refractivity contribution in [3.8, 4) is 0 Å². The van der Waals surface area contributed by atoms with Crippen molar-refractivity contribution in [3.05, 3.63) is 35.4 Å². The molecule has 0 unspecified atom stereocenters. The van der Waals surface area contributed by atoms with Gasteiger partial charge in [-0.05, 0) is 31.9 Å². The van der Waals surface area contributed by atoms with E-state index < -0.39 is 11.7 Å². The molecule has 1 saturated heterocycles. The molecule has 1 heterocycles. The molecular weight excluding hydrogens is 268 g/mol. The lowest BCUT2D eigenvalue weighted by Gasteiger charge is -2.27. The number of benzene rings is 1. The van der Waals surface area contributed by atoms with Gasteiger partial charge in [0.1, 0.15) is 5.60 Å². The molecular formula is C16H24N2O3. The van der Waals surface area contributed by atoms with Gasteiger partial charge < -0.3 is 20.1 Å². The molecule has 1 fully saturated rings. The van der Waals surface area contributed by atoms with Crippen molar-refractivity contribution in [2.45, 2.75) is 45.5 Å². The molecule has 0 aliphatic carbocycles. The summed E-state index contributed by atoms with van der Waals surface area (Å²) in [6.07, 6.45) is -0.391. The largest absolute Gasteiger partial charge is 0.444 e. The zero-order chi connectivity index (χ0) is 15.3. The second kappa shape index (κ2) is 6.91. The molecule has 1 amide bonds. The lowest BCUT2D eigenvalue weighted by atomic mass is 10.1. The molecule has 1 aromatic rings. The fourth-order valence-electron chi connectivity index (χ4n) is 1.88. The minimum absolute atomic E-state index is 0.391. The number of ether oxygens (including phenoxy) is 2. The number of carbonyl (C=O) groups excluding carboxylic acids is 1. The highest BCUT2D eigenvalue weighted by molar-refractivity contribution is 5.67. The number of hydrogen-bond acceptors (Lipinski definition) is 4. The van der Waals surface area contributed by atoms with Gasteiger partial charge in [-0.2, -0.15) is 0 Å². The Kier molecular flexibility index (Phi) is 5.20. The Morgan fingerprint density at radius 2 is 1.76 bits per heavy atom. The summed E-state index contributed by atoms with van der Waals surface area (Å²) < 4.78 is 10.3. The van der Waals surface area contributed by atoms with Gasteiger partial charge in [0.25, 0.3) is 0 Å². The van der Waals surface area contributed by atoms with Crippen LogP contribution in [-0.4, -0.2) is 30.9 Å². The molecule has 116 valence electrons. The first-order valence-corrected chi connectivity index (χ1v) is 7.28. The summed E-state index contributed by atoms with van der Waals surface area (Å²) in [6.45, 7) is 8.47. The minimum atomic E-state index is -0.467. The second-order valence-electron chi connectivity index (χ2n) is 6.29. The molecule has 0 spiro atoms. The van der Waals surface area contributed by atoms with Crippen LogP contribution < -0.4 is 10.6 Å². The number of amides is 1. The molecule has 0 radical (unpaired) electrons. The number of nitrogens with one attached hydrogen (secondary N) is 2. The lowest BCUT2D eigenvalue weighted by molar-refractivity contribution is -0.00578. The Balaban J connectivity index is 1.72. The lowest BCUT2D eigenvalue weighted by Crippen LogP contribution is -2.45. The molecule has 1 aliphatic rings. The van der Waals surface area contributed by atoms with Crippen LogP contribution in [0.25, 0.3) is 0 Å². The zero-order valence-electron chi connectivity index (χ0n) is 12.9. The molecule has 0 saturated carbocycles. The maximum Gasteiger partial charge on any atom is 0.407 e. The van der Waals surface area contributed by atoms with Gasteiger partial charge in [0.2, 0.25) is 0 Å². The molecule has 5 heteroatoms.